The summed E-state index contributed by atoms with van der Waals surface area (Å²) in [5.74, 6) is 0.561. The van der Waals surface area contributed by atoms with Gasteiger partial charge in [-0.15, -0.1) is 5.10 Å². The van der Waals surface area contributed by atoms with Gasteiger partial charge in [0.15, 0.2) is 0 Å². The average Bonchev–Trinajstić information content (AvgIpc) is 2.88. The van der Waals surface area contributed by atoms with Crippen molar-refractivity contribution in [1.82, 2.24) is 9.59 Å². The third-order valence-electron chi connectivity index (χ3n) is 3.66. The van der Waals surface area contributed by atoms with Crippen molar-refractivity contribution in [2.75, 3.05) is 0 Å². The number of nitrogens with two attached hydrogens (primary N) is 1. The Morgan fingerprint density at radius 3 is 2.29 bits per heavy atom. The molecule has 0 saturated heterocycles. The molecule has 2 N–H and O–H groups in total. The van der Waals surface area contributed by atoms with E-state index in [0.717, 1.165) is 17.0 Å². The first-order valence-electron chi connectivity index (χ1n) is 7.46. The molecule has 0 fully saturated rings. The monoisotopic (exact) mass is 303 g/mol. The standard InChI is InChI=1S/C17H25N3S/c1-11(2)13-8-6-12(7-9-13)10-14(18)15-16(17(3,4)5)19-20-21-15/h6-9,11,14H,10,18H2,1-5H3. The van der Waals surface area contributed by atoms with Gasteiger partial charge in [0.05, 0.1) is 10.6 Å². The van der Waals surface area contributed by atoms with Crippen molar-refractivity contribution in [3.63, 3.8) is 0 Å². The molecule has 0 spiro atoms. The van der Waals surface area contributed by atoms with Crippen LogP contribution < -0.4 is 5.73 Å². The van der Waals surface area contributed by atoms with Gasteiger partial charge in [-0.05, 0) is 35.0 Å². The van der Waals surface area contributed by atoms with Crippen LogP contribution in [0.15, 0.2) is 24.3 Å². The molecular formula is C17H25N3S. The van der Waals surface area contributed by atoms with Crippen LogP contribution in [0.4, 0.5) is 0 Å². The van der Waals surface area contributed by atoms with Gasteiger partial charge in [-0.25, -0.2) is 0 Å². The number of aromatic nitrogens is 2. The summed E-state index contributed by atoms with van der Waals surface area (Å²) in [5.41, 5.74) is 10.0. The molecule has 0 bridgehead atoms. The van der Waals surface area contributed by atoms with E-state index in [1.165, 1.54) is 22.7 Å². The molecule has 114 valence electrons. The van der Waals surface area contributed by atoms with E-state index in [-0.39, 0.29) is 11.5 Å². The molecule has 0 amide bonds. The zero-order valence-corrected chi connectivity index (χ0v) is 14.4. The summed E-state index contributed by atoms with van der Waals surface area (Å²) in [7, 11) is 0. The number of rotatable bonds is 4. The molecule has 2 aromatic rings. The van der Waals surface area contributed by atoms with Crippen molar-refractivity contribution < 1.29 is 0 Å². The summed E-state index contributed by atoms with van der Waals surface area (Å²) < 4.78 is 4.10. The Labute approximate surface area is 131 Å². The molecule has 0 saturated carbocycles. The largest absolute Gasteiger partial charge is 0.323 e. The minimum absolute atomic E-state index is 0.0124. The Morgan fingerprint density at radius 2 is 1.76 bits per heavy atom. The molecule has 0 radical (unpaired) electrons. The lowest BCUT2D eigenvalue weighted by Gasteiger charge is -2.19. The zero-order chi connectivity index (χ0) is 15.6. The van der Waals surface area contributed by atoms with Gasteiger partial charge in [0, 0.05) is 11.5 Å². The highest BCUT2D eigenvalue weighted by Crippen LogP contribution is 2.31. The predicted molar refractivity (Wildman–Crippen MR) is 89.8 cm³/mol. The van der Waals surface area contributed by atoms with Crippen molar-refractivity contribution in [1.29, 1.82) is 0 Å². The molecule has 0 aliphatic carbocycles. The number of hydrogen-bond donors (Lipinski definition) is 1. The first kappa shape index (κ1) is 16.1. The minimum atomic E-state index is -0.0378. The molecule has 2 rings (SSSR count). The molecule has 1 atom stereocenters. The van der Waals surface area contributed by atoms with Crippen LogP contribution in [-0.2, 0) is 11.8 Å². The molecule has 1 aromatic carbocycles. The lowest BCUT2D eigenvalue weighted by atomic mass is 9.89. The summed E-state index contributed by atoms with van der Waals surface area (Å²) in [6.45, 7) is 10.9. The molecule has 1 unspecified atom stereocenters. The molecule has 0 aliphatic heterocycles. The van der Waals surface area contributed by atoms with Crippen LogP contribution >= 0.6 is 11.5 Å². The summed E-state index contributed by atoms with van der Waals surface area (Å²) in [6.07, 6.45) is 0.825. The fourth-order valence-corrected chi connectivity index (χ4v) is 3.21. The van der Waals surface area contributed by atoms with Crippen molar-refractivity contribution in [3.8, 4) is 0 Å². The molecule has 1 heterocycles. The quantitative estimate of drug-likeness (QED) is 0.921. The number of benzene rings is 1. The smallest absolute Gasteiger partial charge is 0.0857 e. The zero-order valence-electron chi connectivity index (χ0n) is 13.6. The molecule has 3 nitrogen and oxygen atoms in total. The van der Waals surface area contributed by atoms with Crippen LogP contribution in [0.2, 0.25) is 0 Å². The van der Waals surface area contributed by atoms with Gasteiger partial charge >= 0.3 is 0 Å². The van der Waals surface area contributed by atoms with Gasteiger partial charge in [-0.3, -0.25) is 0 Å². The molecule has 21 heavy (non-hydrogen) atoms. The van der Waals surface area contributed by atoms with Crippen molar-refractivity contribution in [3.05, 3.63) is 46.0 Å². The van der Waals surface area contributed by atoms with E-state index in [4.69, 9.17) is 5.73 Å². The van der Waals surface area contributed by atoms with Crippen LogP contribution in [0.1, 0.15) is 68.3 Å². The van der Waals surface area contributed by atoms with Crippen LogP contribution in [0.25, 0.3) is 0 Å². The Morgan fingerprint density at radius 1 is 1.14 bits per heavy atom. The van der Waals surface area contributed by atoms with Crippen LogP contribution in [0, 0.1) is 0 Å². The van der Waals surface area contributed by atoms with E-state index >= 15 is 0 Å². The first-order chi connectivity index (χ1) is 9.79. The summed E-state index contributed by atoms with van der Waals surface area (Å²) in [6, 6.07) is 8.72. The minimum Gasteiger partial charge on any atom is -0.323 e. The Bertz CT molecular complexity index is 579. The number of hydrogen-bond acceptors (Lipinski definition) is 4. The normalized spacial score (nSPS) is 13.7. The van der Waals surface area contributed by atoms with Gasteiger partial charge < -0.3 is 5.73 Å². The van der Waals surface area contributed by atoms with Crippen molar-refractivity contribution in [2.24, 2.45) is 5.73 Å². The highest BCUT2D eigenvalue weighted by atomic mass is 32.1. The average molecular weight is 303 g/mol. The Balaban J connectivity index is 2.15. The van der Waals surface area contributed by atoms with E-state index in [2.05, 4.69) is 68.5 Å². The van der Waals surface area contributed by atoms with Gasteiger partial charge in [-0.2, -0.15) is 0 Å². The maximum Gasteiger partial charge on any atom is 0.0857 e. The summed E-state index contributed by atoms with van der Waals surface area (Å²) >= 11 is 1.43. The van der Waals surface area contributed by atoms with E-state index in [9.17, 15) is 0 Å². The maximum atomic E-state index is 6.40. The lowest BCUT2D eigenvalue weighted by molar-refractivity contribution is 0.550. The summed E-state index contributed by atoms with van der Waals surface area (Å²) in [5, 5.41) is 4.28. The fraction of sp³-hybridized carbons (Fsp3) is 0.529. The van der Waals surface area contributed by atoms with Crippen LogP contribution in [0.5, 0.6) is 0 Å². The van der Waals surface area contributed by atoms with Gasteiger partial charge in [0.25, 0.3) is 0 Å². The highest BCUT2D eigenvalue weighted by molar-refractivity contribution is 7.05. The third-order valence-corrected chi connectivity index (χ3v) is 4.52. The van der Waals surface area contributed by atoms with Gasteiger partial charge in [-0.1, -0.05) is 63.4 Å². The topological polar surface area (TPSA) is 51.8 Å². The van der Waals surface area contributed by atoms with Gasteiger partial charge in [0.1, 0.15) is 0 Å². The Kier molecular flexibility index (Phi) is 4.79. The van der Waals surface area contributed by atoms with Crippen molar-refractivity contribution in [2.45, 2.75) is 58.4 Å². The van der Waals surface area contributed by atoms with E-state index in [1.54, 1.807) is 0 Å². The second-order valence-corrected chi connectivity index (χ2v) is 7.73. The van der Waals surface area contributed by atoms with E-state index < -0.39 is 0 Å². The molecule has 4 heteroatoms. The maximum absolute atomic E-state index is 6.40. The second-order valence-electron chi connectivity index (χ2n) is 6.94. The highest BCUT2D eigenvalue weighted by Gasteiger charge is 2.25. The summed E-state index contributed by atoms with van der Waals surface area (Å²) in [4.78, 5) is 1.11. The fourth-order valence-electron chi connectivity index (χ4n) is 2.35. The Hall–Kier alpha value is -1.26. The molecular weight excluding hydrogens is 278 g/mol. The molecule has 0 aliphatic rings. The SMILES string of the molecule is CC(C)c1ccc(CC(N)c2snnc2C(C)(C)C)cc1. The lowest BCUT2D eigenvalue weighted by Crippen LogP contribution is -2.20. The van der Waals surface area contributed by atoms with E-state index in [1.807, 2.05) is 0 Å². The predicted octanol–water partition coefficient (Wildman–Crippen LogP) is 4.20. The van der Waals surface area contributed by atoms with Crippen molar-refractivity contribution >= 4 is 11.5 Å². The number of nitrogens with zero attached hydrogens (tertiary/aromatic N) is 2. The second kappa shape index (κ2) is 6.24. The van der Waals surface area contributed by atoms with Crippen LogP contribution in [0.3, 0.4) is 0 Å². The first-order valence-corrected chi connectivity index (χ1v) is 8.23. The van der Waals surface area contributed by atoms with Crippen LogP contribution in [-0.4, -0.2) is 9.59 Å². The molecule has 1 aromatic heterocycles. The van der Waals surface area contributed by atoms with Gasteiger partial charge in [0.2, 0.25) is 0 Å². The van der Waals surface area contributed by atoms with E-state index in [0.29, 0.717) is 5.92 Å². The third kappa shape index (κ3) is 3.89.